The largest absolute Gasteiger partial charge is 0.508 e. The third-order valence-corrected chi connectivity index (χ3v) is 6.02. The van der Waals surface area contributed by atoms with Gasteiger partial charge in [0, 0.05) is 37.3 Å². The summed E-state index contributed by atoms with van der Waals surface area (Å²) in [7, 11) is 0. The van der Waals surface area contributed by atoms with E-state index in [2.05, 4.69) is 9.97 Å². The van der Waals surface area contributed by atoms with Crippen LogP contribution in [-0.4, -0.2) is 43.6 Å². The molecule has 0 saturated heterocycles. The molecule has 2 aliphatic rings. The highest BCUT2D eigenvalue weighted by Gasteiger charge is 2.27. The number of amides is 1. The first-order valence-electron chi connectivity index (χ1n) is 10.8. The van der Waals surface area contributed by atoms with E-state index >= 15 is 0 Å². The Morgan fingerprint density at radius 2 is 1.93 bits per heavy atom. The smallest absolute Gasteiger partial charge is 0.316 e. The van der Waals surface area contributed by atoms with Crippen molar-refractivity contribution in [1.82, 2.24) is 14.9 Å². The van der Waals surface area contributed by atoms with E-state index in [0.29, 0.717) is 31.1 Å². The van der Waals surface area contributed by atoms with E-state index in [-0.39, 0.29) is 35.0 Å². The first-order valence-corrected chi connectivity index (χ1v) is 10.8. The number of phenolic OH excluding ortho intramolecular Hbond substituents is 2. The van der Waals surface area contributed by atoms with Crippen molar-refractivity contribution in [2.24, 2.45) is 0 Å². The predicted octanol–water partition coefficient (Wildman–Crippen LogP) is 3.92. The minimum absolute atomic E-state index is 0.00179. The Hall–Kier alpha value is -2.83. The zero-order chi connectivity index (χ0) is 21.3. The van der Waals surface area contributed by atoms with Crippen LogP contribution in [0, 0.1) is 0 Å². The summed E-state index contributed by atoms with van der Waals surface area (Å²) < 4.78 is 5.97. The van der Waals surface area contributed by atoms with Gasteiger partial charge < -0.3 is 19.8 Å². The minimum atomic E-state index is -0.261. The van der Waals surface area contributed by atoms with Gasteiger partial charge in [0.2, 0.25) is 0 Å². The van der Waals surface area contributed by atoms with Crippen molar-refractivity contribution in [2.75, 3.05) is 6.54 Å². The Labute approximate surface area is 176 Å². The number of nitrogens with zero attached hydrogens (tertiary/aromatic N) is 3. The molecule has 0 spiro atoms. The van der Waals surface area contributed by atoms with Gasteiger partial charge in [-0.15, -0.1) is 0 Å². The van der Waals surface area contributed by atoms with Gasteiger partial charge in [0.15, 0.2) is 0 Å². The maximum absolute atomic E-state index is 13.1. The minimum Gasteiger partial charge on any atom is -0.508 e. The van der Waals surface area contributed by atoms with Gasteiger partial charge in [-0.3, -0.25) is 4.79 Å². The molecule has 1 amide bonds. The normalized spacial score (nSPS) is 17.1. The quantitative estimate of drug-likeness (QED) is 0.792. The molecule has 0 unspecified atom stereocenters. The number of carbonyl (C=O) groups is 1. The van der Waals surface area contributed by atoms with Crippen molar-refractivity contribution in [3.8, 4) is 17.5 Å². The monoisotopic (exact) mass is 411 g/mol. The molecule has 4 rings (SSSR count). The van der Waals surface area contributed by atoms with Crippen LogP contribution in [-0.2, 0) is 13.0 Å². The van der Waals surface area contributed by atoms with Crippen LogP contribution in [0.15, 0.2) is 18.3 Å². The van der Waals surface area contributed by atoms with Crippen molar-refractivity contribution in [1.29, 1.82) is 0 Å². The second-order valence-electron chi connectivity index (χ2n) is 8.56. The summed E-state index contributed by atoms with van der Waals surface area (Å²) in [5.41, 5.74) is 2.66. The average Bonchev–Trinajstić information content (AvgIpc) is 2.73. The maximum atomic E-state index is 13.1. The number of carbonyl (C=O) groups excluding carboxylic acids is 1. The van der Waals surface area contributed by atoms with Crippen LogP contribution in [0.4, 0.5) is 0 Å². The molecule has 30 heavy (non-hydrogen) atoms. The lowest BCUT2D eigenvalue weighted by atomic mass is 9.97. The number of aromatic nitrogens is 2. The fourth-order valence-electron chi connectivity index (χ4n) is 4.26. The molecule has 1 aromatic carbocycles. The Morgan fingerprint density at radius 3 is 2.67 bits per heavy atom. The summed E-state index contributed by atoms with van der Waals surface area (Å²) >= 11 is 0. The first-order chi connectivity index (χ1) is 14.4. The second kappa shape index (κ2) is 8.50. The van der Waals surface area contributed by atoms with Crippen LogP contribution in [0.25, 0.3) is 0 Å². The molecule has 1 aliphatic carbocycles. The van der Waals surface area contributed by atoms with Crippen LogP contribution >= 0.6 is 0 Å². The number of aromatic hydroxyl groups is 2. The molecule has 0 atom stereocenters. The molecular formula is C23H29N3O4. The Balaban J connectivity index is 1.49. The molecule has 0 bridgehead atoms. The van der Waals surface area contributed by atoms with Crippen molar-refractivity contribution in [3.05, 3.63) is 40.7 Å². The zero-order valence-electron chi connectivity index (χ0n) is 17.6. The van der Waals surface area contributed by atoms with Gasteiger partial charge in [-0.05, 0) is 43.2 Å². The molecule has 1 aromatic heterocycles. The number of benzene rings is 1. The third kappa shape index (κ3) is 4.20. The highest BCUT2D eigenvalue weighted by molar-refractivity contribution is 5.97. The molecule has 2 heterocycles. The number of phenols is 2. The Bertz CT molecular complexity index is 938. The summed E-state index contributed by atoms with van der Waals surface area (Å²) in [6.45, 7) is 4.75. The fourth-order valence-corrected chi connectivity index (χ4v) is 4.26. The van der Waals surface area contributed by atoms with E-state index in [4.69, 9.17) is 4.74 Å². The zero-order valence-corrected chi connectivity index (χ0v) is 17.6. The number of ether oxygens (including phenoxy) is 1. The number of hydrogen-bond acceptors (Lipinski definition) is 6. The lowest BCUT2D eigenvalue weighted by molar-refractivity contribution is 0.0729. The van der Waals surface area contributed by atoms with E-state index < -0.39 is 0 Å². The molecule has 7 nitrogen and oxygen atoms in total. The Kier molecular flexibility index (Phi) is 5.79. The van der Waals surface area contributed by atoms with E-state index in [1.54, 1.807) is 17.2 Å². The standard InChI is InChI=1S/C23H29N3O4/c1-14(2)17-10-18(21(28)11-20(17)27)22(29)26-9-8-19-15(13-26)12-24-23(25-19)30-16-6-4-3-5-7-16/h10-12,14,16,27-28H,3-9,13H2,1-2H3. The van der Waals surface area contributed by atoms with E-state index in [1.165, 1.54) is 25.3 Å². The maximum Gasteiger partial charge on any atom is 0.316 e. The van der Waals surface area contributed by atoms with Gasteiger partial charge >= 0.3 is 6.01 Å². The molecule has 2 aromatic rings. The van der Waals surface area contributed by atoms with Crippen LogP contribution in [0.1, 0.15) is 79.0 Å². The highest BCUT2D eigenvalue weighted by atomic mass is 16.5. The summed E-state index contributed by atoms with van der Waals surface area (Å²) in [6, 6.07) is 3.27. The van der Waals surface area contributed by atoms with E-state index in [0.717, 1.165) is 24.1 Å². The van der Waals surface area contributed by atoms with Crippen LogP contribution in [0.5, 0.6) is 17.5 Å². The summed E-state index contributed by atoms with van der Waals surface area (Å²) in [6.07, 6.45) is 8.31. The van der Waals surface area contributed by atoms with Gasteiger partial charge in [-0.25, -0.2) is 4.98 Å². The van der Waals surface area contributed by atoms with Crippen LogP contribution < -0.4 is 4.74 Å². The number of rotatable bonds is 4. The van der Waals surface area contributed by atoms with Crippen LogP contribution in [0.3, 0.4) is 0 Å². The molecular weight excluding hydrogens is 382 g/mol. The van der Waals surface area contributed by atoms with Crippen LogP contribution in [0.2, 0.25) is 0 Å². The van der Waals surface area contributed by atoms with Gasteiger partial charge in [-0.2, -0.15) is 4.98 Å². The van der Waals surface area contributed by atoms with Crippen molar-refractivity contribution < 1.29 is 19.7 Å². The molecule has 1 saturated carbocycles. The lowest BCUT2D eigenvalue weighted by Crippen LogP contribution is -2.36. The lowest BCUT2D eigenvalue weighted by Gasteiger charge is -2.29. The summed E-state index contributed by atoms with van der Waals surface area (Å²) in [5.74, 6) is -0.431. The van der Waals surface area contributed by atoms with Gasteiger partial charge in [0.25, 0.3) is 5.91 Å². The van der Waals surface area contributed by atoms with Crippen molar-refractivity contribution in [3.63, 3.8) is 0 Å². The average molecular weight is 412 g/mol. The van der Waals surface area contributed by atoms with Gasteiger partial charge in [0.05, 0.1) is 11.3 Å². The molecule has 1 fully saturated rings. The van der Waals surface area contributed by atoms with Gasteiger partial charge in [0.1, 0.15) is 17.6 Å². The van der Waals surface area contributed by atoms with Gasteiger partial charge in [-0.1, -0.05) is 20.3 Å². The summed E-state index contributed by atoms with van der Waals surface area (Å²) in [5, 5.41) is 20.3. The molecule has 1 aliphatic heterocycles. The topological polar surface area (TPSA) is 95.8 Å². The van der Waals surface area contributed by atoms with E-state index in [9.17, 15) is 15.0 Å². The SMILES string of the molecule is CC(C)c1cc(C(=O)N2CCc3nc(OC4CCCCC4)ncc3C2)c(O)cc1O. The number of hydrogen-bond donors (Lipinski definition) is 2. The first kappa shape index (κ1) is 20.4. The number of fused-ring (bicyclic) bond motifs is 1. The molecule has 160 valence electrons. The predicted molar refractivity (Wildman–Crippen MR) is 112 cm³/mol. The second-order valence-corrected chi connectivity index (χ2v) is 8.56. The van der Waals surface area contributed by atoms with Crippen molar-refractivity contribution in [2.45, 2.75) is 70.9 Å². The molecule has 7 heteroatoms. The van der Waals surface area contributed by atoms with E-state index in [1.807, 2.05) is 13.8 Å². The third-order valence-electron chi connectivity index (χ3n) is 6.02. The fraction of sp³-hybridized carbons (Fsp3) is 0.522. The molecule has 2 N–H and O–H groups in total. The van der Waals surface area contributed by atoms with Crippen molar-refractivity contribution >= 4 is 5.91 Å². The Morgan fingerprint density at radius 1 is 1.17 bits per heavy atom. The summed E-state index contributed by atoms with van der Waals surface area (Å²) in [4.78, 5) is 23.7. The molecule has 0 radical (unpaired) electrons. The highest BCUT2D eigenvalue weighted by Crippen LogP contribution is 2.33.